The first-order valence-corrected chi connectivity index (χ1v) is 3.79. The molecule has 0 amide bonds. The van der Waals surface area contributed by atoms with Crippen LogP contribution in [0.1, 0.15) is 6.92 Å². The molecule has 0 unspecified atom stereocenters. The second-order valence-corrected chi connectivity index (χ2v) is 2.39. The minimum atomic E-state index is -0.436. The lowest BCUT2D eigenvalue weighted by Gasteiger charge is -2.02. The highest BCUT2D eigenvalue weighted by atomic mass is 16.1. The topological polar surface area (TPSA) is 93.5 Å². The molecule has 0 aromatic carbocycles. The molecule has 0 heterocycles. The van der Waals surface area contributed by atoms with Crippen molar-refractivity contribution in [3.05, 3.63) is 0 Å². The zero-order valence-corrected chi connectivity index (χ0v) is 7.79. The lowest BCUT2D eigenvalue weighted by molar-refractivity contribution is -0.117. The maximum absolute atomic E-state index is 10.9. The molecule has 0 rings (SSSR count). The SMILES string of the molecule is CN[C@@H](C#CCN=C(N)N)C(C)=O. The van der Waals surface area contributed by atoms with Crippen LogP contribution in [0.2, 0.25) is 0 Å². The van der Waals surface area contributed by atoms with Crippen molar-refractivity contribution >= 4 is 11.7 Å². The Morgan fingerprint density at radius 1 is 1.62 bits per heavy atom. The zero-order valence-electron chi connectivity index (χ0n) is 7.79. The molecule has 0 spiro atoms. The molecule has 0 saturated heterocycles. The van der Waals surface area contributed by atoms with Gasteiger partial charge in [-0.3, -0.25) is 4.79 Å². The van der Waals surface area contributed by atoms with E-state index in [4.69, 9.17) is 11.5 Å². The van der Waals surface area contributed by atoms with E-state index >= 15 is 0 Å². The number of carbonyl (C=O) groups excluding carboxylic acids is 1. The van der Waals surface area contributed by atoms with Gasteiger partial charge in [0.15, 0.2) is 11.7 Å². The number of Topliss-reactive ketones (excluding diaryl/α,β-unsaturated/α-hetero) is 1. The van der Waals surface area contributed by atoms with E-state index in [2.05, 4.69) is 22.2 Å². The van der Waals surface area contributed by atoms with Crippen LogP contribution in [0.5, 0.6) is 0 Å². The maximum atomic E-state index is 10.9. The van der Waals surface area contributed by atoms with E-state index in [0.717, 1.165) is 0 Å². The van der Waals surface area contributed by atoms with Crippen LogP contribution < -0.4 is 16.8 Å². The highest BCUT2D eigenvalue weighted by molar-refractivity contribution is 5.84. The number of ketones is 1. The smallest absolute Gasteiger partial charge is 0.186 e. The molecule has 5 nitrogen and oxygen atoms in total. The van der Waals surface area contributed by atoms with Crippen molar-refractivity contribution in [2.24, 2.45) is 16.5 Å². The fourth-order valence-electron chi connectivity index (χ4n) is 0.656. The standard InChI is InChI=1S/C8H14N4O/c1-6(13)7(11-2)4-3-5-12-8(9)10/h7,11H,5H2,1-2H3,(H4,9,10,12)/t7-/m0/s1. The molecule has 0 aliphatic heterocycles. The van der Waals surface area contributed by atoms with E-state index in [1.165, 1.54) is 6.92 Å². The van der Waals surface area contributed by atoms with Gasteiger partial charge >= 0.3 is 0 Å². The molecule has 5 heteroatoms. The average Bonchev–Trinajstić information content (AvgIpc) is 2.03. The zero-order chi connectivity index (χ0) is 10.3. The quantitative estimate of drug-likeness (QED) is 0.279. The van der Waals surface area contributed by atoms with E-state index in [-0.39, 0.29) is 18.3 Å². The monoisotopic (exact) mass is 182 g/mol. The van der Waals surface area contributed by atoms with Crippen molar-refractivity contribution < 1.29 is 4.79 Å². The first kappa shape index (κ1) is 11.5. The van der Waals surface area contributed by atoms with Gasteiger partial charge < -0.3 is 16.8 Å². The van der Waals surface area contributed by atoms with Gasteiger partial charge in [-0.2, -0.15) is 0 Å². The Labute approximate surface area is 77.6 Å². The number of rotatable bonds is 3. The summed E-state index contributed by atoms with van der Waals surface area (Å²) in [6.45, 7) is 1.68. The van der Waals surface area contributed by atoms with Crippen molar-refractivity contribution in [1.29, 1.82) is 0 Å². The third-order valence-corrected chi connectivity index (χ3v) is 1.28. The van der Waals surface area contributed by atoms with Gasteiger partial charge in [0.2, 0.25) is 0 Å². The summed E-state index contributed by atoms with van der Waals surface area (Å²) in [7, 11) is 1.67. The number of carbonyl (C=O) groups is 1. The van der Waals surface area contributed by atoms with E-state index in [9.17, 15) is 4.79 Å². The predicted octanol–water partition coefficient (Wildman–Crippen LogP) is -1.56. The molecule has 0 saturated carbocycles. The molecule has 0 fully saturated rings. The van der Waals surface area contributed by atoms with Gasteiger partial charge in [0.05, 0.1) is 0 Å². The van der Waals surface area contributed by atoms with Crippen molar-refractivity contribution in [1.82, 2.24) is 5.32 Å². The summed E-state index contributed by atoms with van der Waals surface area (Å²) >= 11 is 0. The minimum Gasteiger partial charge on any atom is -0.370 e. The fourth-order valence-corrected chi connectivity index (χ4v) is 0.656. The number of aliphatic imine (C=N–C) groups is 1. The van der Waals surface area contributed by atoms with Crippen LogP contribution in [0.4, 0.5) is 0 Å². The first-order chi connectivity index (χ1) is 6.07. The Morgan fingerprint density at radius 2 is 2.23 bits per heavy atom. The lowest BCUT2D eigenvalue weighted by Crippen LogP contribution is -2.30. The molecule has 1 atom stereocenters. The average molecular weight is 182 g/mol. The molecular weight excluding hydrogens is 168 g/mol. The Balaban J connectivity index is 4.07. The lowest BCUT2D eigenvalue weighted by atomic mass is 10.2. The molecule has 13 heavy (non-hydrogen) atoms. The molecule has 5 N–H and O–H groups in total. The van der Waals surface area contributed by atoms with Crippen molar-refractivity contribution in [3.63, 3.8) is 0 Å². The molecule has 0 aliphatic carbocycles. The summed E-state index contributed by atoms with van der Waals surface area (Å²) in [5.74, 6) is 5.33. The van der Waals surface area contributed by atoms with Gasteiger partial charge in [-0.05, 0) is 14.0 Å². The summed E-state index contributed by atoms with van der Waals surface area (Å²) < 4.78 is 0. The Morgan fingerprint density at radius 3 is 2.62 bits per heavy atom. The summed E-state index contributed by atoms with van der Waals surface area (Å²) in [5.41, 5.74) is 10.2. The maximum Gasteiger partial charge on any atom is 0.186 e. The molecule has 0 aromatic heterocycles. The third-order valence-electron chi connectivity index (χ3n) is 1.28. The van der Waals surface area contributed by atoms with Crippen LogP contribution in [0.15, 0.2) is 4.99 Å². The largest absolute Gasteiger partial charge is 0.370 e. The van der Waals surface area contributed by atoms with Crippen molar-refractivity contribution in [2.45, 2.75) is 13.0 Å². The number of likely N-dealkylation sites (N-methyl/N-ethyl adjacent to an activating group) is 1. The summed E-state index contributed by atoms with van der Waals surface area (Å²) in [5, 5.41) is 2.76. The van der Waals surface area contributed by atoms with Gasteiger partial charge in [-0.15, -0.1) is 0 Å². The number of hydrogen-bond acceptors (Lipinski definition) is 3. The molecule has 0 aromatic rings. The van der Waals surface area contributed by atoms with E-state index in [0.29, 0.717) is 0 Å². The number of nitrogens with zero attached hydrogens (tertiary/aromatic N) is 1. The van der Waals surface area contributed by atoms with Gasteiger partial charge in [0, 0.05) is 0 Å². The van der Waals surface area contributed by atoms with E-state index < -0.39 is 6.04 Å². The van der Waals surface area contributed by atoms with Crippen LogP contribution in [0.3, 0.4) is 0 Å². The number of guanidine groups is 1. The Bertz CT molecular complexity index is 257. The molecule has 0 aliphatic rings. The van der Waals surface area contributed by atoms with Crippen LogP contribution in [0.25, 0.3) is 0 Å². The fraction of sp³-hybridized carbons (Fsp3) is 0.500. The molecule has 0 bridgehead atoms. The Hall–Kier alpha value is -1.54. The second-order valence-electron chi connectivity index (χ2n) is 2.39. The number of nitrogens with two attached hydrogens (primary N) is 2. The van der Waals surface area contributed by atoms with Gasteiger partial charge in [0.25, 0.3) is 0 Å². The number of hydrogen-bond donors (Lipinski definition) is 3. The van der Waals surface area contributed by atoms with Crippen LogP contribution in [-0.4, -0.2) is 31.4 Å². The van der Waals surface area contributed by atoms with E-state index in [1.54, 1.807) is 7.05 Å². The Kier molecular flexibility index (Phi) is 5.32. The minimum absolute atomic E-state index is 0.00173. The molecule has 72 valence electrons. The van der Waals surface area contributed by atoms with Crippen LogP contribution in [-0.2, 0) is 4.79 Å². The normalized spacial score (nSPS) is 10.9. The number of nitrogens with one attached hydrogen (secondary N) is 1. The highest BCUT2D eigenvalue weighted by Crippen LogP contribution is 1.81. The summed E-state index contributed by atoms with van der Waals surface area (Å²) in [6.07, 6.45) is 0. The van der Waals surface area contributed by atoms with E-state index in [1.807, 2.05) is 0 Å². The highest BCUT2D eigenvalue weighted by Gasteiger charge is 2.05. The van der Waals surface area contributed by atoms with Crippen LogP contribution in [0, 0.1) is 11.8 Å². The summed E-state index contributed by atoms with van der Waals surface area (Å²) in [6, 6.07) is -0.436. The second kappa shape index (κ2) is 6.03. The van der Waals surface area contributed by atoms with Crippen LogP contribution >= 0.6 is 0 Å². The predicted molar refractivity (Wildman–Crippen MR) is 52.0 cm³/mol. The third kappa shape index (κ3) is 5.70. The van der Waals surface area contributed by atoms with Gasteiger partial charge in [0.1, 0.15) is 12.6 Å². The van der Waals surface area contributed by atoms with Gasteiger partial charge in [-0.1, -0.05) is 11.8 Å². The molecule has 0 radical (unpaired) electrons. The van der Waals surface area contributed by atoms with Crippen molar-refractivity contribution in [2.75, 3.05) is 13.6 Å². The van der Waals surface area contributed by atoms with Gasteiger partial charge in [-0.25, -0.2) is 4.99 Å². The summed E-state index contributed by atoms with van der Waals surface area (Å²) in [4.78, 5) is 14.5. The molecular formula is C8H14N4O. The van der Waals surface area contributed by atoms with Crippen molar-refractivity contribution in [3.8, 4) is 11.8 Å². The first-order valence-electron chi connectivity index (χ1n) is 3.79.